The molecule has 0 aromatic heterocycles. The molecule has 0 aliphatic carbocycles. The number of carbonyl (C=O) groups excluding carboxylic acids is 2. The molecule has 1 rings (SSSR count). The molecule has 0 saturated carbocycles. The Bertz CT molecular complexity index is 379. The van der Waals surface area contributed by atoms with Gasteiger partial charge in [0.15, 0.2) is 0 Å². The van der Waals surface area contributed by atoms with E-state index in [0.717, 1.165) is 0 Å². The van der Waals surface area contributed by atoms with Crippen molar-refractivity contribution in [1.82, 2.24) is 0 Å². The van der Waals surface area contributed by atoms with E-state index in [4.69, 9.17) is 5.26 Å². The summed E-state index contributed by atoms with van der Waals surface area (Å²) >= 11 is 0. The molecule has 0 amide bonds. The largest absolute Gasteiger partial charge is 0.421 e. The van der Waals surface area contributed by atoms with Gasteiger partial charge in [-0.25, -0.2) is 4.79 Å². The van der Waals surface area contributed by atoms with Crippen molar-refractivity contribution in [3.8, 4) is 11.8 Å². The smallest absolute Gasteiger partial charge is 0.376 e. The van der Waals surface area contributed by atoms with Gasteiger partial charge in [0.1, 0.15) is 5.75 Å². The second-order valence-corrected chi connectivity index (χ2v) is 2.18. The van der Waals surface area contributed by atoms with Gasteiger partial charge in [-0.1, -0.05) is 6.07 Å². The Hall–Kier alpha value is -2.15. The predicted molar refractivity (Wildman–Crippen MR) is 42.9 cm³/mol. The summed E-state index contributed by atoms with van der Waals surface area (Å²) in [5, 5.41) is 8.49. The minimum atomic E-state index is -0.977. The van der Waals surface area contributed by atoms with Gasteiger partial charge in [0.05, 0.1) is 11.6 Å². The minimum Gasteiger partial charge on any atom is -0.421 e. The average molecular weight is 175 g/mol. The third-order valence-electron chi connectivity index (χ3n) is 1.28. The molecule has 0 atom stereocenters. The van der Waals surface area contributed by atoms with E-state index in [0.29, 0.717) is 5.56 Å². The van der Waals surface area contributed by atoms with Gasteiger partial charge in [-0.05, 0) is 18.2 Å². The Morgan fingerprint density at radius 1 is 1.54 bits per heavy atom. The number of hydrogen-bond donors (Lipinski definition) is 0. The highest BCUT2D eigenvalue weighted by atomic mass is 16.5. The maximum atomic E-state index is 10.5. The standard InChI is InChI=1S/C9H5NO3/c10-5-7-2-1-3-8(4-7)13-9(12)6-11/h1-4,6H. The Labute approximate surface area is 74.4 Å². The summed E-state index contributed by atoms with van der Waals surface area (Å²) < 4.78 is 4.55. The Morgan fingerprint density at radius 3 is 2.92 bits per heavy atom. The molecule has 4 heteroatoms. The van der Waals surface area contributed by atoms with Gasteiger partial charge in [-0.2, -0.15) is 5.26 Å². The summed E-state index contributed by atoms with van der Waals surface area (Å²) in [6.45, 7) is 0. The molecule has 13 heavy (non-hydrogen) atoms. The van der Waals surface area contributed by atoms with E-state index >= 15 is 0 Å². The highest BCUT2D eigenvalue weighted by Crippen LogP contribution is 2.11. The van der Waals surface area contributed by atoms with E-state index in [1.54, 1.807) is 12.1 Å². The van der Waals surface area contributed by atoms with Crippen molar-refractivity contribution < 1.29 is 14.3 Å². The third-order valence-corrected chi connectivity index (χ3v) is 1.28. The summed E-state index contributed by atoms with van der Waals surface area (Å²) in [6, 6.07) is 7.87. The van der Waals surface area contributed by atoms with E-state index in [2.05, 4.69) is 4.74 Å². The van der Waals surface area contributed by atoms with E-state index in [1.165, 1.54) is 12.1 Å². The lowest BCUT2D eigenvalue weighted by atomic mass is 10.2. The summed E-state index contributed by atoms with van der Waals surface area (Å²) in [5.41, 5.74) is 0.371. The molecule has 0 N–H and O–H groups in total. The van der Waals surface area contributed by atoms with Crippen LogP contribution in [-0.2, 0) is 9.59 Å². The number of hydrogen-bond acceptors (Lipinski definition) is 4. The van der Waals surface area contributed by atoms with Crippen LogP contribution in [0.2, 0.25) is 0 Å². The van der Waals surface area contributed by atoms with Crippen LogP contribution in [0, 0.1) is 11.3 Å². The number of nitriles is 1. The van der Waals surface area contributed by atoms with Gasteiger partial charge in [0.2, 0.25) is 6.29 Å². The van der Waals surface area contributed by atoms with Gasteiger partial charge < -0.3 is 4.74 Å². The molecule has 0 unspecified atom stereocenters. The first kappa shape index (κ1) is 8.94. The fraction of sp³-hybridized carbons (Fsp3) is 0. The lowest BCUT2D eigenvalue weighted by molar-refractivity contribution is -0.141. The van der Waals surface area contributed by atoms with Gasteiger partial charge >= 0.3 is 5.97 Å². The normalized spacial score (nSPS) is 8.54. The first-order chi connectivity index (χ1) is 6.26. The lowest BCUT2D eigenvalue weighted by Gasteiger charge is -1.98. The van der Waals surface area contributed by atoms with Gasteiger partial charge in [-0.15, -0.1) is 0 Å². The predicted octanol–water partition coefficient (Wildman–Crippen LogP) is 0.663. The van der Waals surface area contributed by atoms with E-state index in [9.17, 15) is 9.59 Å². The van der Waals surface area contributed by atoms with Crippen LogP contribution in [0.3, 0.4) is 0 Å². The third kappa shape index (κ3) is 2.42. The van der Waals surface area contributed by atoms with Crippen LogP contribution in [-0.4, -0.2) is 12.3 Å². The maximum absolute atomic E-state index is 10.5. The van der Waals surface area contributed by atoms with Crippen molar-refractivity contribution in [3.63, 3.8) is 0 Å². The molecule has 64 valence electrons. The molecule has 0 radical (unpaired) electrons. The number of ether oxygens (including phenoxy) is 1. The van der Waals surface area contributed by atoms with Crippen molar-refractivity contribution >= 4 is 12.3 Å². The first-order valence-electron chi connectivity index (χ1n) is 3.43. The van der Waals surface area contributed by atoms with Crippen molar-refractivity contribution in [2.24, 2.45) is 0 Å². The SMILES string of the molecule is N#Cc1cccc(OC(=O)C=O)c1. The topological polar surface area (TPSA) is 67.2 Å². The Morgan fingerprint density at radius 2 is 2.31 bits per heavy atom. The highest BCUT2D eigenvalue weighted by Gasteiger charge is 2.02. The van der Waals surface area contributed by atoms with E-state index in [1.807, 2.05) is 6.07 Å². The van der Waals surface area contributed by atoms with Crippen LogP contribution in [0.5, 0.6) is 5.75 Å². The molecule has 0 fully saturated rings. The van der Waals surface area contributed by atoms with Crippen molar-refractivity contribution in [2.75, 3.05) is 0 Å². The zero-order valence-corrected chi connectivity index (χ0v) is 6.56. The molecule has 1 aromatic rings. The zero-order chi connectivity index (χ0) is 9.68. The number of aldehydes is 1. The Kier molecular flexibility index (Phi) is 2.77. The van der Waals surface area contributed by atoms with Crippen molar-refractivity contribution in [3.05, 3.63) is 29.8 Å². The molecule has 4 nitrogen and oxygen atoms in total. The summed E-state index contributed by atoms with van der Waals surface area (Å²) in [6.07, 6.45) is 0.0685. The van der Waals surface area contributed by atoms with Crippen LogP contribution in [0.1, 0.15) is 5.56 Å². The summed E-state index contributed by atoms with van der Waals surface area (Å²) in [4.78, 5) is 20.4. The van der Waals surface area contributed by atoms with Crippen LogP contribution >= 0.6 is 0 Å². The zero-order valence-electron chi connectivity index (χ0n) is 6.56. The fourth-order valence-corrected chi connectivity index (χ4v) is 0.769. The summed E-state index contributed by atoms with van der Waals surface area (Å²) in [5.74, 6) is -0.786. The maximum Gasteiger partial charge on any atom is 0.376 e. The van der Waals surface area contributed by atoms with Crippen molar-refractivity contribution in [1.29, 1.82) is 5.26 Å². The molecule has 0 heterocycles. The second-order valence-electron chi connectivity index (χ2n) is 2.18. The fourth-order valence-electron chi connectivity index (χ4n) is 0.769. The van der Waals surface area contributed by atoms with Crippen LogP contribution < -0.4 is 4.74 Å². The number of rotatable bonds is 2. The van der Waals surface area contributed by atoms with Crippen LogP contribution in [0.15, 0.2) is 24.3 Å². The molecule has 0 aliphatic rings. The monoisotopic (exact) mass is 175 g/mol. The summed E-state index contributed by atoms with van der Waals surface area (Å²) in [7, 11) is 0. The minimum absolute atomic E-state index is 0.0685. The van der Waals surface area contributed by atoms with Crippen molar-refractivity contribution in [2.45, 2.75) is 0 Å². The van der Waals surface area contributed by atoms with E-state index in [-0.39, 0.29) is 12.0 Å². The lowest BCUT2D eigenvalue weighted by Crippen LogP contribution is -2.08. The van der Waals surface area contributed by atoms with Crippen LogP contribution in [0.25, 0.3) is 0 Å². The molecule has 0 saturated heterocycles. The molecule has 0 bridgehead atoms. The molecule has 1 aromatic carbocycles. The Balaban J connectivity index is 2.85. The van der Waals surface area contributed by atoms with Gasteiger partial charge in [0, 0.05) is 0 Å². The second kappa shape index (κ2) is 4.02. The van der Waals surface area contributed by atoms with Gasteiger partial charge in [-0.3, -0.25) is 4.79 Å². The quantitative estimate of drug-likeness (QED) is 0.286. The molecular weight excluding hydrogens is 170 g/mol. The number of nitrogens with zero attached hydrogens (tertiary/aromatic N) is 1. The number of carbonyl (C=O) groups is 2. The van der Waals surface area contributed by atoms with Crippen LogP contribution in [0.4, 0.5) is 0 Å². The van der Waals surface area contributed by atoms with Gasteiger partial charge in [0.25, 0.3) is 0 Å². The molecular formula is C9H5NO3. The highest BCUT2D eigenvalue weighted by molar-refractivity contribution is 6.21. The molecule has 0 aliphatic heterocycles. The number of esters is 1. The van der Waals surface area contributed by atoms with E-state index < -0.39 is 5.97 Å². The number of benzene rings is 1. The molecule has 0 spiro atoms. The first-order valence-corrected chi connectivity index (χ1v) is 3.43. The average Bonchev–Trinajstić information content (AvgIpc) is 2.18.